The molecule has 0 radical (unpaired) electrons. The predicted molar refractivity (Wildman–Crippen MR) is 114 cm³/mol. The molecule has 2 amide bonds. The quantitative estimate of drug-likeness (QED) is 0.725. The zero-order valence-electron chi connectivity index (χ0n) is 16.3. The lowest BCUT2D eigenvalue weighted by Gasteiger charge is -2.32. The molecule has 1 N–H and O–H groups in total. The zero-order valence-corrected chi connectivity index (χ0v) is 16.3. The lowest BCUT2D eigenvalue weighted by Crippen LogP contribution is -2.35. The Labute approximate surface area is 170 Å². The number of nitrogens with one attached hydrogen (secondary N) is 1. The number of rotatable bonds is 5. The van der Waals surface area contributed by atoms with Crippen molar-refractivity contribution in [3.05, 3.63) is 83.7 Å². The molecule has 0 saturated carbocycles. The Morgan fingerprint density at radius 3 is 2.76 bits per heavy atom. The number of carbonyl (C=O) groups is 2. The van der Waals surface area contributed by atoms with Crippen LogP contribution < -0.4 is 5.32 Å². The molecule has 5 heteroatoms. The molecule has 1 atom stereocenters. The number of hydrogen-bond donors (Lipinski definition) is 1. The number of benzene rings is 2. The first kappa shape index (κ1) is 18.9. The molecule has 0 bridgehead atoms. The topological polar surface area (TPSA) is 62.3 Å². The summed E-state index contributed by atoms with van der Waals surface area (Å²) < 4.78 is 0. The maximum absolute atomic E-state index is 12.7. The van der Waals surface area contributed by atoms with Gasteiger partial charge in [0, 0.05) is 31.3 Å². The minimum Gasteiger partial charge on any atom is -0.356 e. The Hall–Kier alpha value is -3.47. The Morgan fingerprint density at radius 2 is 1.90 bits per heavy atom. The van der Waals surface area contributed by atoms with Crippen molar-refractivity contribution in [3.8, 4) is 0 Å². The number of pyridine rings is 1. The van der Waals surface area contributed by atoms with Crippen molar-refractivity contribution in [1.82, 2.24) is 15.2 Å². The highest BCUT2D eigenvalue weighted by atomic mass is 16.2. The molecular formula is C24H23N3O2. The number of amides is 2. The number of carbonyl (C=O) groups excluding carboxylic acids is 2. The van der Waals surface area contributed by atoms with Crippen LogP contribution in [0.5, 0.6) is 0 Å². The Morgan fingerprint density at radius 1 is 1.07 bits per heavy atom. The van der Waals surface area contributed by atoms with E-state index in [0.29, 0.717) is 13.0 Å². The highest BCUT2D eigenvalue weighted by Gasteiger charge is 2.27. The molecule has 5 nitrogen and oxygen atoms in total. The van der Waals surface area contributed by atoms with Crippen molar-refractivity contribution in [3.63, 3.8) is 0 Å². The number of para-hydroxylation sites is 1. The zero-order chi connectivity index (χ0) is 20.2. The summed E-state index contributed by atoms with van der Waals surface area (Å²) in [6.45, 7) is 2.05. The fourth-order valence-electron chi connectivity index (χ4n) is 3.87. The van der Waals surface area contributed by atoms with Crippen LogP contribution in [0.3, 0.4) is 0 Å². The molecule has 0 fully saturated rings. The molecule has 1 aromatic heterocycles. The second-order valence-electron chi connectivity index (χ2n) is 7.18. The lowest BCUT2D eigenvalue weighted by atomic mass is 9.93. The number of aromatic nitrogens is 1. The minimum atomic E-state index is -0.284. The van der Waals surface area contributed by atoms with Gasteiger partial charge in [0.05, 0.1) is 18.0 Å². The van der Waals surface area contributed by atoms with Crippen molar-refractivity contribution in [1.29, 1.82) is 0 Å². The van der Waals surface area contributed by atoms with Crippen LogP contribution in [0.4, 0.5) is 0 Å². The van der Waals surface area contributed by atoms with Gasteiger partial charge in [-0.15, -0.1) is 0 Å². The standard InChI is InChI=1S/C24H23N3O2/c1-17(28)27-15-12-18-6-2-3-10-21(18)22(27)16-23(29)25-14-11-20-8-4-7-19-9-5-13-26-24(19)20/h2-10,12-13,15,22H,11,14,16H2,1H3,(H,25,29)/t22-/m1/s1. The van der Waals surface area contributed by atoms with E-state index in [1.807, 2.05) is 60.7 Å². The van der Waals surface area contributed by atoms with Crippen molar-refractivity contribution in [2.75, 3.05) is 6.54 Å². The second kappa shape index (κ2) is 8.27. The van der Waals surface area contributed by atoms with Gasteiger partial charge < -0.3 is 10.2 Å². The van der Waals surface area contributed by atoms with Gasteiger partial charge in [0.2, 0.25) is 11.8 Å². The molecule has 4 rings (SSSR count). The SMILES string of the molecule is CC(=O)N1C=Cc2ccccc2[C@H]1CC(=O)NCCc1cccc2cccnc12. The molecular weight excluding hydrogens is 362 g/mol. The van der Waals surface area contributed by atoms with Gasteiger partial charge in [-0.2, -0.15) is 0 Å². The number of fused-ring (bicyclic) bond motifs is 2. The van der Waals surface area contributed by atoms with Gasteiger partial charge in [-0.25, -0.2) is 0 Å². The first-order valence-electron chi connectivity index (χ1n) is 9.79. The molecule has 0 aliphatic carbocycles. The first-order valence-corrected chi connectivity index (χ1v) is 9.79. The van der Waals surface area contributed by atoms with Crippen LogP contribution in [0.25, 0.3) is 17.0 Å². The third kappa shape index (κ3) is 4.04. The summed E-state index contributed by atoms with van der Waals surface area (Å²) in [5, 5.41) is 4.10. The van der Waals surface area contributed by atoms with Crippen LogP contribution in [0, 0.1) is 0 Å². The molecule has 0 saturated heterocycles. The molecule has 1 aliphatic heterocycles. The fourth-order valence-corrected chi connectivity index (χ4v) is 3.87. The van der Waals surface area contributed by atoms with Gasteiger partial charge >= 0.3 is 0 Å². The predicted octanol–water partition coefficient (Wildman–Crippen LogP) is 3.86. The summed E-state index contributed by atoms with van der Waals surface area (Å²) in [6.07, 6.45) is 6.41. The average Bonchev–Trinajstić information content (AvgIpc) is 2.74. The normalized spacial score (nSPS) is 15.2. The summed E-state index contributed by atoms with van der Waals surface area (Å²) in [5.41, 5.74) is 4.13. The molecule has 2 aromatic carbocycles. The molecule has 0 spiro atoms. The van der Waals surface area contributed by atoms with Crippen molar-refractivity contribution < 1.29 is 9.59 Å². The summed E-state index contributed by atoms with van der Waals surface area (Å²) in [6, 6.07) is 17.6. The maximum atomic E-state index is 12.7. The summed E-state index contributed by atoms with van der Waals surface area (Å²) in [4.78, 5) is 30.8. The third-order valence-corrected chi connectivity index (χ3v) is 5.28. The van der Waals surface area contributed by atoms with E-state index in [1.165, 1.54) is 6.92 Å². The minimum absolute atomic E-state index is 0.0699. The average molecular weight is 385 g/mol. The summed E-state index contributed by atoms with van der Waals surface area (Å²) in [7, 11) is 0. The van der Waals surface area contributed by atoms with E-state index in [9.17, 15) is 9.59 Å². The summed E-state index contributed by atoms with van der Waals surface area (Å²) >= 11 is 0. The van der Waals surface area contributed by atoms with E-state index in [0.717, 1.165) is 27.6 Å². The fraction of sp³-hybridized carbons (Fsp3) is 0.208. The highest BCUT2D eigenvalue weighted by molar-refractivity contribution is 5.83. The third-order valence-electron chi connectivity index (χ3n) is 5.28. The Kier molecular flexibility index (Phi) is 5.38. The molecule has 1 aliphatic rings. The van der Waals surface area contributed by atoms with Crippen LogP contribution in [0.15, 0.2) is 67.0 Å². The van der Waals surface area contributed by atoms with Crippen molar-refractivity contribution in [2.24, 2.45) is 0 Å². The molecule has 29 heavy (non-hydrogen) atoms. The van der Waals surface area contributed by atoms with Crippen LogP contribution in [-0.4, -0.2) is 28.2 Å². The van der Waals surface area contributed by atoms with E-state index in [-0.39, 0.29) is 24.3 Å². The lowest BCUT2D eigenvalue weighted by molar-refractivity contribution is -0.129. The number of nitrogens with zero attached hydrogens (tertiary/aromatic N) is 2. The Bertz CT molecular complexity index is 1080. The number of hydrogen-bond acceptors (Lipinski definition) is 3. The van der Waals surface area contributed by atoms with Gasteiger partial charge in [0.1, 0.15) is 0 Å². The van der Waals surface area contributed by atoms with Gasteiger partial charge in [-0.1, -0.05) is 48.5 Å². The molecule has 146 valence electrons. The monoisotopic (exact) mass is 385 g/mol. The van der Waals surface area contributed by atoms with Gasteiger partial charge in [0.25, 0.3) is 0 Å². The molecule has 0 unspecified atom stereocenters. The first-order chi connectivity index (χ1) is 14.1. The summed E-state index contributed by atoms with van der Waals surface area (Å²) in [5.74, 6) is -0.144. The second-order valence-corrected chi connectivity index (χ2v) is 7.18. The van der Waals surface area contributed by atoms with E-state index in [2.05, 4.69) is 10.3 Å². The van der Waals surface area contributed by atoms with Crippen LogP contribution in [0.2, 0.25) is 0 Å². The van der Waals surface area contributed by atoms with Gasteiger partial charge in [-0.05, 0) is 35.3 Å². The van der Waals surface area contributed by atoms with Crippen LogP contribution in [0.1, 0.15) is 36.1 Å². The largest absolute Gasteiger partial charge is 0.356 e. The van der Waals surface area contributed by atoms with Gasteiger partial charge in [0.15, 0.2) is 0 Å². The highest BCUT2D eigenvalue weighted by Crippen LogP contribution is 2.32. The van der Waals surface area contributed by atoms with Crippen LogP contribution in [-0.2, 0) is 16.0 Å². The van der Waals surface area contributed by atoms with E-state index < -0.39 is 0 Å². The molecule has 3 aromatic rings. The van der Waals surface area contributed by atoms with E-state index >= 15 is 0 Å². The molecule has 2 heterocycles. The smallest absolute Gasteiger partial charge is 0.223 e. The maximum Gasteiger partial charge on any atom is 0.223 e. The van der Waals surface area contributed by atoms with Crippen molar-refractivity contribution >= 4 is 28.8 Å². The van der Waals surface area contributed by atoms with Crippen LogP contribution >= 0.6 is 0 Å². The van der Waals surface area contributed by atoms with Crippen molar-refractivity contribution in [2.45, 2.75) is 25.8 Å². The van der Waals surface area contributed by atoms with Gasteiger partial charge in [-0.3, -0.25) is 14.6 Å². The Balaban J connectivity index is 1.42. The van der Waals surface area contributed by atoms with E-state index in [4.69, 9.17) is 0 Å². The van der Waals surface area contributed by atoms with E-state index in [1.54, 1.807) is 17.3 Å².